The maximum absolute atomic E-state index is 11.6. The van der Waals surface area contributed by atoms with Gasteiger partial charge in [-0.1, -0.05) is 0 Å². The van der Waals surface area contributed by atoms with Crippen molar-refractivity contribution < 1.29 is 18.0 Å². The van der Waals surface area contributed by atoms with E-state index in [4.69, 9.17) is 0 Å². The van der Waals surface area contributed by atoms with Crippen molar-refractivity contribution in [3.05, 3.63) is 0 Å². The summed E-state index contributed by atoms with van der Waals surface area (Å²) in [6.45, 7) is 0.992. The lowest BCUT2D eigenvalue weighted by atomic mass is 10.3. The fourth-order valence-corrected chi connectivity index (χ4v) is 0.424. The van der Waals surface area contributed by atoms with Crippen LogP contribution in [0.15, 0.2) is 5.10 Å². The highest BCUT2D eigenvalue weighted by atomic mass is 19.4. The zero-order chi connectivity index (χ0) is 9.07. The van der Waals surface area contributed by atoms with E-state index in [0.717, 1.165) is 6.92 Å². The molecule has 0 aliphatic heterocycles. The molecule has 64 valence electrons. The van der Waals surface area contributed by atoms with E-state index in [1.54, 1.807) is 0 Å². The lowest BCUT2D eigenvalue weighted by Gasteiger charge is -2.02. The van der Waals surface area contributed by atoms with Crippen LogP contribution < -0.4 is 5.43 Å². The van der Waals surface area contributed by atoms with Crippen molar-refractivity contribution >= 4 is 11.5 Å². The molecule has 0 aromatic heterocycles. The molecule has 3 nitrogen and oxygen atoms in total. The summed E-state index contributed by atoms with van der Waals surface area (Å²) >= 11 is 0. The molecule has 0 aromatic rings. The predicted octanol–water partition coefficient (Wildman–Crippen LogP) is 0.713. The molecule has 0 aliphatic rings. The molecule has 0 saturated carbocycles. The van der Waals surface area contributed by atoms with Crippen LogP contribution in [0.25, 0.3) is 0 Å². The summed E-state index contributed by atoms with van der Waals surface area (Å²) in [5, 5.41) is 3.09. The number of hydrogen-bond donors (Lipinski definition) is 1. The van der Waals surface area contributed by atoms with Gasteiger partial charge < -0.3 is 5.43 Å². The number of halogens is 3. The molecule has 0 saturated heterocycles. The highest BCUT2D eigenvalue weighted by Crippen LogP contribution is 2.16. The number of carbonyl (C=O) groups is 1. The van der Waals surface area contributed by atoms with Crippen molar-refractivity contribution in [2.45, 2.75) is 13.1 Å². The summed E-state index contributed by atoms with van der Waals surface area (Å²) in [5.41, 5.74) is 1.49. The van der Waals surface area contributed by atoms with Gasteiger partial charge in [0.25, 0.3) is 5.78 Å². The summed E-state index contributed by atoms with van der Waals surface area (Å²) in [4.78, 5) is 10.3. The van der Waals surface area contributed by atoms with Gasteiger partial charge in [-0.2, -0.15) is 18.3 Å². The standard InChI is InChI=1S/C5H7F3N2O/c1-3(10-9-2)4(11)5(6,7)8/h9H,1-2H3/b10-3+. The molecule has 0 unspecified atom stereocenters. The highest BCUT2D eigenvalue weighted by Gasteiger charge is 2.40. The minimum Gasteiger partial charge on any atom is -0.313 e. The van der Waals surface area contributed by atoms with Gasteiger partial charge in [-0.3, -0.25) is 4.79 Å². The molecule has 11 heavy (non-hydrogen) atoms. The summed E-state index contributed by atoms with van der Waals surface area (Å²) < 4.78 is 34.7. The second kappa shape index (κ2) is 3.36. The largest absolute Gasteiger partial charge is 0.456 e. The smallest absolute Gasteiger partial charge is 0.313 e. The van der Waals surface area contributed by atoms with Gasteiger partial charge in [0.1, 0.15) is 5.71 Å². The first kappa shape index (κ1) is 9.93. The number of Topliss-reactive ketones (excluding diaryl/α,β-unsaturated/α-hetero) is 1. The molecule has 0 heterocycles. The zero-order valence-corrected chi connectivity index (χ0v) is 5.99. The number of hydrogen-bond acceptors (Lipinski definition) is 3. The molecule has 0 spiro atoms. The minimum atomic E-state index is -4.83. The van der Waals surface area contributed by atoms with Gasteiger partial charge >= 0.3 is 6.18 Å². The van der Waals surface area contributed by atoms with Crippen molar-refractivity contribution in [3.8, 4) is 0 Å². The molecule has 6 heteroatoms. The summed E-state index contributed by atoms with van der Waals surface area (Å²) in [6.07, 6.45) is -4.83. The molecule has 0 rings (SSSR count). The Kier molecular flexibility index (Phi) is 3.03. The van der Waals surface area contributed by atoms with Crippen molar-refractivity contribution in [1.29, 1.82) is 0 Å². The number of carbonyl (C=O) groups excluding carboxylic acids is 1. The number of hydrazone groups is 1. The number of nitrogens with zero attached hydrogens (tertiary/aromatic N) is 1. The molecule has 0 radical (unpaired) electrons. The van der Waals surface area contributed by atoms with Gasteiger partial charge in [0.05, 0.1) is 0 Å². The average molecular weight is 168 g/mol. The van der Waals surface area contributed by atoms with Crippen LogP contribution in [-0.4, -0.2) is 24.7 Å². The molecule has 1 N–H and O–H groups in total. The van der Waals surface area contributed by atoms with Crippen molar-refractivity contribution in [1.82, 2.24) is 5.43 Å². The van der Waals surface area contributed by atoms with Crippen LogP contribution >= 0.6 is 0 Å². The quantitative estimate of drug-likeness (QED) is 0.487. The monoisotopic (exact) mass is 168 g/mol. The summed E-state index contributed by atoms with van der Waals surface area (Å²) in [5.74, 6) is -1.92. The lowest BCUT2D eigenvalue weighted by Crippen LogP contribution is -2.30. The first-order valence-corrected chi connectivity index (χ1v) is 2.72. The molecule has 0 aromatic carbocycles. The normalized spacial score (nSPS) is 13.0. The molecule has 0 aliphatic carbocycles. The van der Waals surface area contributed by atoms with E-state index >= 15 is 0 Å². The summed E-state index contributed by atoms with van der Waals surface area (Å²) in [6, 6.07) is 0. The lowest BCUT2D eigenvalue weighted by molar-refractivity contribution is -0.163. The Morgan fingerprint density at radius 1 is 1.45 bits per heavy atom. The van der Waals surface area contributed by atoms with Crippen LogP contribution in [0.1, 0.15) is 6.92 Å². The van der Waals surface area contributed by atoms with Gasteiger partial charge in [-0.05, 0) is 6.92 Å². The number of rotatable bonds is 2. The Morgan fingerprint density at radius 3 is 2.18 bits per heavy atom. The van der Waals surface area contributed by atoms with Crippen LogP contribution in [0, 0.1) is 0 Å². The van der Waals surface area contributed by atoms with Gasteiger partial charge in [0.2, 0.25) is 0 Å². The third-order valence-corrected chi connectivity index (χ3v) is 0.866. The fourth-order valence-electron chi connectivity index (χ4n) is 0.424. The maximum Gasteiger partial charge on any atom is 0.456 e. The number of alkyl halides is 3. The summed E-state index contributed by atoms with van der Waals surface area (Å²) in [7, 11) is 1.31. The number of ketones is 1. The second-order valence-corrected chi connectivity index (χ2v) is 1.75. The van der Waals surface area contributed by atoms with Gasteiger partial charge in [0, 0.05) is 7.05 Å². The maximum atomic E-state index is 11.6. The van der Waals surface area contributed by atoms with E-state index in [1.165, 1.54) is 7.05 Å². The molecule has 0 fully saturated rings. The second-order valence-electron chi connectivity index (χ2n) is 1.75. The van der Waals surface area contributed by atoms with Gasteiger partial charge in [0.15, 0.2) is 0 Å². The predicted molar refractivity (Wildman–Crippen MR) is 33.2 cm³/mol. The van der Waals surface area contributed by atoms with Crippen LogP contribution in [-0.2, 0) is 4.79 Å². The first-order valence-electron chi connectivity index (χ1n) is 2.72. The van der Waals surface area contributed by atoms with Crippen molar-refractivity contribution in [2.24, 2.45) is 5.10 Å². The van der Waals surface area contributed by atoms with E-state index in [2.05, 4.69) is 10.5 Å². The third kappa shape index (κ3) is 3.01. The first-order chi connectivity index (χ1) is 4.89. The SMILES string of the molecule is CN/N=C(\C)C(=O)C(F)(F)F. The van der Waals surface area contributed by atoms with E-state index in [9.17, 15) is 18.0 Å². The van der Waals surface area contributed by atoms with Crippen molar-refractivity contribution in [2.75, 3.05) is 7.05 Å². The Hall–Kier alpha value is -1.07. The fraction of sp³-hybridized carbons (Fsp3) is 0.600. The van der Waals surface area contributed by atoms with E-state index < -0.39 is 17.7 Å². The molecule has 0 atom stereocenters. The van der Waals surface area contributed by atoms with Gasteiger partial charge in [-0.15, -0.1) is 0 Å². The average Bonchev–Trinajstić information content (AvgIpc) is 1.85. The highest BCUT2D eigenvalue weighted by molar-refractivity contribution is 6.40. The van der Waals surface area contributed by atoms with Crippen LogP contribution in [0.2, 0.25) is 0 Å². The minimum absolute atomic E-state index is 0.597. The molecule has 0 amide bonds. The molecular formula is C5H7F3N2O. The Balaban J connectivity index is 4.39. The van der Waals surface area contributed by atoms with Gasteiger partial charge in [-0.25, -0.2) is 0 Å². The van der Waals surface area contributed by atoms with Crippen LogP contribution in [0.5, 0.6) is 0 Å². The number of nitrogens with one attached hydrogen (secondary N) is 1. The van der Waals surface area contributed by atoms with E-state index in [-0.39, 0.29) is 0 Å². The Bertz CT molecular complexity index is 185. The zero-order valence-electron chi connectivity index (χ0n) is 5.99. The van der Waals surface area contributed by atoms with Crippen LogP contribution in [0.3, 0.4) is 0 Å². The van der Waals surface area contributed by atoms with E-state index in [0.29, 0.717) is 0 Å². The Labute approximate surface area is 61.3 Å². The van der Waals surface area contributed by atoms with Crippen LogP contribution in [0.4, 0.5) is 13.2 Å². The molecular weight excluding hydrogens is 161 g/mol. The van der Waals surface area contributed by atoms with Crippen molar-refractivity contribution in [3.63, 3.8) is 0 Å². The third-order valence-electron chi connectivity index (χ3n) is 0.866. The van der Waals surface area contributed by atoms with E-state index in [1.807, 2.05) is 0 Å². The topological polar surface area (TPSA) is 41.5 Å². The molecule has 0 bridgehead atoms. The Morgan fingerprint density at radius 2 is 1.91 bits per heavy atom.